The fourth-order valence-electron chi connectivity index (χ4n) is 1.43. The second kappa shape index (κ2) is 8.54. The van der Waals surface area contributed by atoms with Crippen LogP contribution in [-0.4, -0.2) is 61.6 Å². The van der Waals surface area contributed by atoms with Crippen LogP contribution < -0.4 is 0 Å². The van der Waals surface area contributed by atoms with E-state index < -0.39 is 6.10 Å². The van der Waals surface area contributed by atoms with E-state index in [1.807, 2.05) is 22.8 Å². The first-order valence-electron chi connectivity index (χ1n) is 5.52. The van der Waals surface area contributed by atoms with Crippen molar-refractivity contribution in [1.29, 1.82) is 0 Å². The van der Waals surface area contributed by atoms with Crippen molar-refractivity contribution in [2.75, 3.05) is 40.5 Å². The van der Waals surface area contributed by atoms with Gasteiger partial charge >= 0.3 is 0 Å². The Kier molecular flexibility index (Phi) is 7.30. The van der Waals surface area contributed by atoms with Crippen molar-refractivity contribution in [3.8, 4) is 0 Å². The summed E-state index contributed by atoms with van der Waals surface area (Å²) in [5.41, 5.74) is 2.85. The number of nitrogens with zero attached hydrogens (tertiary/aromatic N) is 2. The second-order valence-electron chi connectivity index (χ2n) is 3.90. The van der Waals surface area contributed by atoms with Crippen LogP contribution in [0.5, 0.6) is 0 Å². The zero-order chi connectivity index (χ0) is 12.5. The molecule has 0 bridgehead atoms. The van der Waals surface area contributed by atoms with E-state index in [0.29, 0.717) is 26.4 Å². The van der Waals surface area contributed by atoms with Gasteiger partial charge in [0.15, 0.2) is 0 Å². The third-order valence-corrected chi connectivity index (χ3v) is 2.82. The average molecular weight is 260 g/mol. The zero-order valence-electron chi connectivity index (χ0n) is 10.3. The Morgan fingerprint density at radius 3 is 3.00 bits per heavy atom. The number of methoxy groups -OCH3 is 1. The molecule has 98 valence electrons. The van der Waals surface area contributed by atoms with Crippen LogP contribution in [0.1, 0.15) is 5.69 Å². The molecule has 0 aliphatic rings. The van der Waals surface area contributed by atoms with E-state index in [0.717, 1.165) is 12.2 Å². The van der Waals surface area contributed by atoms with Crippen molar-refractivity contribution < 1.29 is 14.6 Å². The molecule has 0 saturated heterocycles. The Labute approximate surface area is 106 Å². The number of hydrogen-bond donors (Lipinski definition) is 1. The van der Waals surface area contributed by atoms with Crippen LogP contribution in [0.25, 0.3) is 0 Å². The molecule has 1 aromatic heterocycles. The van der Waals surface area contributed by atoms with Gasteiger partial charge in [-0.1, -0.05) is 0 Å². The number of hydrogen-bond acceptors (Lipinski definition) is 6. The number of thiazole rings is 1. The summed E-state index contributed by atoms with van der Waals surface area (Å²) < 4.78 is 10.1. The van der Waals surface area contributed by atoms with Crippen LogP contribution in [0.2, 0.25) is 0 Å². The molecule has 0 saturated carbocycles. The summed E-state index contributed by atoms with van der Waals surface area (Å²) in [7, 11) is 3.58. The van der Waals surface area contributed by atoms with E-state index in [1.54, 1.807) is 18.4 Å². The summed E-state index contributed by atoms with van der Waals surface area (Å²) in [6, 6.07) is 0. The third kappa shape index (κ3) is 6.70. The maximum Gasteiger partial charge on any atom is 0.0900 e. The predicted octanol–water partition coefficient (Wildman–Crippen LogP) is 0.599. The Bertz CT molecular complexity index is 282. The smallest absolute Gasteiger partial charge is 0.0900 e. The molecule has 0 fully saturated rings. The van der Waals surface area contributed by atoms with Gasteiger partial charge in [0, 0.05) is 25.6 Å². The highest BCUT2D eigenvalue weighted by Crippen LogP contribution is 2.04. The molecule has 6 heteroatoms. The molecule has 1 atom stereocenters. The van der Waals surface area contributed by atoms with Crippen LogP contribution in [0.15, 0.2) is 10.9 Å². The van der Waals surface area contributed by atoms with Crippen molar-refractivity contribution in [1.82, 2.24) is 9.88 Å². The van der Waals surface area contributed by atoms with Crippen molar-refractivity contribution >= 4 is 11.3 Å². The molecule has 5 nitrogen and oxygen atoms in total. The molecule has 0 radical (unpaired) electrons. The van der Waals surface area contributed by atoms with Gasteiger partial charge < -0.3 is 14.6 Å². The largest absolute Gasteiger partial charge is 0.389 e. The Morgan fingerprint density at radius 2 is 2.35 bits per heavy atom. The quantitative estimate of drug-likeness (QED) is 0.659. The van der Waals surface area contributed by atoms with Gasteiger partial charge in [-0.2, -0.15) is 0 Å². The molecule has 1 N–H and O–H groups in total. The van der Waals surface area contributed by atoms with Gasteiger partial charge in [0.2, 0.25) is 0 Å². The van der Waals surface area contributed by atoms with Gasteiger partial charge in [-0.15, -0.1) is 11.3 Å². The molecule has 1 heterocycles. The molecule has 0 aliphatic carbocycles. The van der Waals surface area contributed by atoms with Gasteiger partial charge in [0.05, 0.1) is 37.1 Å². The van der Waals surface area contributed by atoms with Gasteiger partial charge in [0.1, 0.15) is 0 Å². The molecule has 0 amide bonds. The van der Waals surface area contributed by atoms with Crippen molar-refractivity contribution in [2.24, 2.45) is 0 Å². The minimum absolute atomic E-state index is 0.338. The number of aromatic nitrogens is 1. The Morgan fingerprint density at radius 1 is 1.53 bits per heavy atom. The zero-order valence-corrected chi connectivity index (χ0v) is 11.2. The normalized spacial score (nSPS) is 13.2. The second-order valence-corrected chi connectivity index (χ2v) is 4.62. The minimum atomic E-state index is -0.476. The first-order valence-corrected chi connectivity index (χ1v) is 6.47. The maximum absolute atomic E-state index is 9.72. The average Bonchev–Trinajstić information content (AvgIpc) is 2.77. The maximum atomic E-state index is 9.72. The van der Waals surface area contributed by atoms with Crippen molar-refractivity contribution in [3.63, 3.8) is 0 Å². The highest BCUT2D eigenvalue weighted by molar-refractivity contribution is 7.07. The number of ether oxygens (including phenoxy) is 2. The third-order valence-electron chi connectivity index (χ3n) is 2.18. The highest BCUT2D eigenvalue weighted by atomic mass is 32.1. The molecular formula is C11H20N2O3S. The summed E-state index contributed by atoms with van der Waals surface area (Å²) in [6.45, 7) is 2.73. The topological polar surface area (TPSA) is 54.8 Å². The monoisotopic (exact) mass is 260 g/mol. The fourth-order valence-corrected chi connectivity index (χ4v) is 1.98. The standard InChI is InChI=1S/C11H20N2O3S/c1-13(5-10-8-17-9-12-10)6-11(14)7-16-4-3-15-2/h8-9,11,14H,3-7H2,1-2H3. The van der Waals surface area contributed by atoms with E-state index in [9.17, 15) is 5.11 Å². The molecule has 0 spiro atoms. The first kappa shape index (κ1) is 14.5. The van der Waals surface area contributed by atoms with Gasteiger partial charge in [-0.25, -0.2) is 4.98 Å². The highest BCUT2D eigenvalue weighted by Gasteiger charge is 2.09. The summed E-state index contributed by atoms with van der Waals surface area (Å²) in [6.07, 6.45) is -0.476. The van der Waals surface area contributed by atoms with Gasteiger partial charge in [-0.3, -0.25) is 4.90 Å². The number of likely N-dealkylation sites (N-methyl/N-ethyl adjacent to an activating group) is 1. The van der Waals surface area contributed by atoms with Crippen LogP contribution in [-0.2, 0) is 16.0 Å². The molecule has 1 rings (SSSR count). The van der Waals surface area contributed by atoms with E-state index in [-0.39, 0.29) is 0 Å². The lowest BCUT2D eigenvalue weighted by molar-refractivity contribution is 0.00152. The molecule has 17 heavy (non-hydrogen) atoms. The van der Waals surface area contributed by atoms with Crippen molar-refractivity contribution in [3.05, 3.63) is 16.6 Å². The lowest BCUT2D eigenvalue weighted by atomic mass is 10.3. The summed E-state index contributed by atoms with van der Waals surface area (Å²) >= 11 is 1.58. The molecule has 1 unspecified atom stereocenters. The lowest BCUT2D eigenvalue weighted by Crippen LogP contribution is -2.32. The molecular weight excluding hydrogens is 240 g/mol. The number of aliphatic hydroxyl groups is 1. The Hall–Kier alpha value is -0.530. The van der Waals surface area contributed by atoms with Crippen LogP contribution >= 0.6 is 11.3 Å². The van der Waals surface area contributed by atoms with Crippen LogP contribution in [0.3, 0.4) is 0 Å². The van der Waals surface area contributed by atoms with Crippen LogP contribution in [0, 0.1) is 0 Å². The number of rotatable bonds is 9. The predicted molar refractivity (Wildman–Crippen MR) is 67.1 cm³/mol. The Balaban J connectivity index is 2.10. The van der Waals surface area contributed by atoms with E-state index in [4.69, 9.17) is 9.47 Å². The molecule has 1 aromatic rings. The van der Waals surface area contributed by atoms with Gasteiger partial charge in [0.25, 0.3) is 0 Å². The molecule has 0 aromatic carbocycles. The van der Waals surface area contributed by atoms with E-state index in [2.05, 4.69) is 4.98 Å². The van der Waals surface area contributed by atoms with Crippen molar-refractivity contribution in [2.45, 2.75) is 12.6 Å². The summed E-state index contributed by atoms with van der Waals surface area (Å²) in [4.78, 5) is 6.22. The van der Waals surface area contributed by atoms with E-state index in [1.165, 1.54) is 0 Å². The SMILES string of the molecule is COCCOCC(O)CN(C)Cc1cscn1. The van der Waals surface area contributed by atoms with E-state index >= 15 is 0 Å². The lowest BCUT2D eigenvalue weighted by Gasteiger charge is -2.19. The van der Waals surface area contributed by atoms with Gasteiger partial charge in [-0.05, 0) is 7.05 Å². The number of aliphatic hydroxyl groups excluding tert-OH is 1. The van der Waals surface area contributed by atoms with Crippen LogP contribution in [0.4, 0.5) is 0 Å². The molecule has 0 aliphatic heterocycles. The minimum Gasteiger partial charge on any atom is -0.389 e. The summed E-state index contributed by atoms with van der Waals surface area (Å²) in [5, 5.41) is 11.7. The summed E-state index contributed by atoms with van der Waals surface area (Å²) in [5.74, 6) is 0. The first-order chi connectivity index (χ1) is 8.22. The fraction of sp³-hybridized carbons (Fsp3) is 0.727.